The average molecular weight is 448 g/mol. The molecule has 1 aliphatic rings. The monoisotopic (exact) mass is 448 g/mol. The van der Waals surface area contributed by atoms with Crippen LogP contribution in [-0.4, -0.2) is 53.6 Å². The van der Waals surface area contributed by atoms with Gasteiger partial charge in [0.05, 0.1) is 18.1 Å². The molecule has 2 heterocycles. The Morgan fingerprint density at radius 3 is 2.76 bits per heavy atom. The van der Waals surface area contributed by atoms with Crippen LogP contribution in [0.4, 0.5) is 0 Å². The van der Waals surface area contributed by atoms with Crippen LogP contribution in [0.25, 0.3) is 22.2 Å². The van der Waals surface area contributed by atoms with Crippen LogP contribution in [0.3, 0.4) is 0 Å². The fourth-order valence-corrected chi connectivity index (χ4v) is 3.87. The van der Waals surface area contributed by atoms with Crippen molar-refractivity contribution in [2.75, 3.05) is 19.7 Å². The number of oxazole rings is 1. The maximum absolute atomic E-state index is 12.6. The van der Waals surface area contributed by atoms with Crippen molar-refractivity contribution in [2.45, 2.75) is 25.0 Å². The van der Waals surface area contributed by atoms with Crippen molar-refractivity contribution in [1.29, 1.82) is 5.26 Å². The Hall–Kier alpha value is -3.90. The van der Waals surface area contributed by atoms with E-state index in [-0.39, 0.29) is 6.54 Å². The summed E-state index contributed by atoms with van der Waals surface area (Å²) in [6.45, 7) is 1.11. The molecule has 0 saturated carbocycles. The lowest BCUT2D eigenvalue weighted by atomic mass is 10.0. The maximum Gasteiger partial charge on any atom is 0.419 e. The molecule has 0 spiro atoms. The number of nitriles is 1. The molecule has 0 unspecified atom stereocenters. The van der Waals surface area contributed by atoms with Crippen LogP contribution in [0.15, 0.2) is 51.7 Å². The first-order valence-corrected chi connectivity index (χ1v) is 10.7. The summed E-state index contributed by atoms with van der Waals surface area (Å²) in [5, 5.41) is 12.3. The SMILES string of the molecule is Cn1c(=O)oc2ccc(-c3ccc(C[C@@H](C#N)NC(=O)[C@H]4CN(C=O)CCCO4)cc3)cc21. The second kappa shape index (κ2) is 9.71. The zero-order chi connectivity index (χ0) is 23.4. The molecule has 0 aliphatic carbocycles. The number of hydrogen-bond acceptors (Lipinski definition) is 6. The minimum absolute atomic E-state index is 0.175. The van der Waals surface area contributed by atoms with Crippen molar-refractivity contribution < 1.29 is 18.7 Å². The van der Waals surface area contributed by atoms with Gasteiger partial charge in [-0.05, 0) is 35.2 Å². The number of amides is 2. The van der Waals surface area contributed by atoms with Crippen LogP contribution >= 0.6 is 0 Å². The number of carbonyl (C=O) groups excluding carboxylic acids is 2. The van der Waals surface area contributed by atoms with E-state index in [2.05, 4.69) is 11.4 Å². The van der Waals surface area contributed by atoms with Gasteiger partial charge in [0.1, 0.15) is 6.04 Å². The smallest absolute Gasteiger partial charge is 0.408 e. The second-order valence-electron chi connectivity index (χ2n) is 8.01. The number of carbonyl (C=O) groups is 2. The first-order valence-electron chi connectivity index (χ1n) is 10.7. The number of rotatable bonds is 6. The van der Waals surface area contributed by atoms with Gasteiger partial charge in [-0.2, -0.15) is 5.26 Å². The lowest BCUT2D eigenvalue weighted by Gasteiger charge is -2.21. The average Bonchev–Trinajstić information content (AvgIpc) is 2.99. The predicted octanol–water partition coefficient (Wildman–Crippen LogP) is 1.60. The van der Waals surface area contributed by atoms with Crippen LogP contribution in [-0.2, 0) is 27.8 Å². The normalized spacial score (nSPS) is 17.2. The van der Waals surface area contributed by atoms with Gasteiger partial charge < -0.3 is 19.4 Å². The highest BCUT2D eigenvalue weighted by Crippen LogP contribution is 2.24. The Labute approximate surface area is 190 Å². The quantitative estimate of drug-likeness (QED) is 0.573. The largest absolute Gasteiger partial charge is 0.419 e. The van der Waals surface area contributed by atoms with Gasteiger partial charge in [-0.1, -0.05) is 30.3 Å². The van der Waals surface area contributed by atoms with Gasteiger partial charge in [-0.3, -0.25) is 14.2 Å². The molecule has 9 heteroatoms. The molecule has 2 amide bonds. The summed E-state index contributed by atoms with van der Waals surface area (Å²) in [6.07, 6.45) is 0.926. The van der Waals surface area contributed by atoms with Gasteiger partial charge in [0.15, 0.2) is 11.7 Å². The molecule has 3 aromatic rings. The van der Waals surface area contributed by atoms with Crippen LogP contribution in [0.5, 0.6) is 0 Å². The Morgan fingerprint density at radius 2 is 2.03 bits per heavy atom. The summed E-state index contributed by atoms with van der Waals surface area (Å²) >= 11 is 0. The van der Waals surface area contributed by atoms with E-state index in [0.29, 0.717) is 43.5 Å². The summed E-state index contributed by atoms with van der Waals surface area (Å²) in [5.41, 5.74) is 4.01. The molecule has 1 N–H and O–H groups in total. The lowest BCUT2D eigenvalue weighted by Crippen LogP contribution is -2.46. The molecule has 33 heavy (non-hydrogen) atoms. The van der Waals surface area contributed by atoms with Crippen molar-refractivity contribution in [3.63, 3.8) is 0 Å². The van der Waals surface area contributed by atoms with Gasteiger partial charge in [-0.25, -0.2) is 4.79 Å². The number of hydrogen-bond donors (Lipinski definition) is 1. The molecular weight excluding hydrogens is 424 g/mol. The zero-order valence-corrected chi connectivity index (χ0v) is 18.2. The van der Waals surface area contributed by atoms with E-state index in [0.717, 1.165) is 16.7 Å². The molecule has 1 aliphatic heterocycles. The van der Waals surface area contributed by atoms with Crippen LogP contribution in [0, 0.1) is 11.3 Å². The molecule has 1 aromatic heterocycles. The van der Waals surface area contributed by atoms with Crippen molar-refractivity contribution >= 4 is 23.4 Å². The van der Waals surface area contributed by atoms with Crippen LogP contribution in [0.2, 0.25) is 0 Å². The van der Waals surface area contributed by atoms with E-state index in [1.165, 1.54) is 9.47 Å². The molecule has 0 radical (unpaired) electrons. The Bertz CT molecular complexity index is 1250. The molecule has 170 valence electrons. The second-order valence-corrected chi connectivity index (χ2v) is 8.01. The van der Waals surface area contributed by atoms with Gasteiger partial charge in [0, 0.05) is 26.6 Å². The van der Waals surface area contributed by atoms with E-state index in [4.69, 9.17) is 9.15 Å². The van der Waals surface area contributed by atoms with Crippen molar-refractivity contribution in [2.24, 2.45) is 7.05 Å². The van der Waals surface area contributed by atoms with Crippen molar-refractivity contribution in [3.05, 3.63) is 58.6 Å². The molecule has 4 rings (SSSR count). The standard InChI is InChI=1S/C24H24N4O5/c1-27-20-12-18(7-8-21(20)33-24(27)31)17-5-3-16(4-6-17)11-19(13-25)26-23(30)22-14-28(15-29)9-2-10-32-22/h3-8,12,15,19,22H,2,9-11,14H2,1H3,(H,26,30)/t19-,22+/m0/s1. The summed E-state index contributed by atoms with van der Waals surface area (Å²) in [6, 6.07) is 14.6. The molecule has 2 aromatic carbocycles. The molecule has 1 saturated heterocycles. The van der Waals surface area contributed by atoms with Gasteiger partial charge in [0.25, 0.3) is 5.91 Å². The third kappa shape index (κ3) is 4.96. The van der Waals surface area contributed by atoms with Crippen LogP contribution < -0.4 is 11.1 Å². The highest BCUT2D eigenvalue weighted by Gasteiger charge is 2.26. The molecular formula is C24H24N4O5. The van der Waals surface area contributed by atoms with E-state index < -0.39 is 23.8 Å². The van der Waals surface area contributed by atoms with Crippen molar-refractivity contribution in [3.8, 4) is 17.2 Å². The summed E-state index contributed by atoms with van der Waals surface area (Å²) < 4.78 is 12.2. The Morgan fingerprint density at radius 1 is 1.27 bits per heavy atom. The molecule has 0 bridgehead atoms. The third-order valence-electron chi connectivity index (χ3n) is 5.74. The Balaban J connectivity index is 1.42. The highest BCUT2D eigenvalue weighted by atomic mass is 16.5. The number of aryl methyl sites for hydroxylation is 1. The number of nitrogens with one attached hydrogen (secondary N) is 1. The lowest BCUT2D eigenvalue weighted by molar-refractivity contribution is -0.134. The number of ether oxygens (including phenoxy) is 1. The maximum atomic E-state index is 12.6. The summed E-state index contributed by atoms with van der Waals surface area (Å²) in [5.74, 6) is -0.804. The number of fused-ring (bicyclic) bond motifs is 1. The fourth-order valence-electron chi connectivity index (χ4n) is 3.87. The first-order chi connectivity index (χ1) is 16.0. The number of aromatic nitrogens is 1. The highest BCUT2D eigenvalue weighted by molar-refractivity contribution is 5.82. The third-order valence-corrected chi connectivity index (χ3v) is 5.74. The van der Waals surface area contributed by atoms with Crippen molar-refractivity contribution in [1.82, 2.24) is 14.8 Å². The van der Waals surface area contributed by atoms with E-state index in [1.807, 2.05) is 36.4 Å². The van der Waals surface area contributed by atoms with E-state index in [1.54, 1.807) is 13.1 Å². The van der Waals surface area contributed by atoms with Gasteiger partial charge in [-0.15, -0.1) is 0 Å². The van der Waals surface area contributed by atoms with Crippen LogP contribution in [0.1, 0.15) is 12.0 Å². The molecule has 9 nitrogen and oxygen atoms in total. The zero-order valence-electron chi connectivity index (χ0n) is 18.2. The molecule has 2 atom stereocenters. The number of benzene rings is 2. The minimum atomic E-state index is -0.787. The minimum Gasteiger partial charge on any atom is -0.408 e. The predicted molar refractivity (Wildman–Crippen MR) is 120 cm³/mol. The summed E-state index contributed by atoms with van der Waals surface area (Å²) in [7, 11) is 1.66. The number of nitrogens with zero attached hydrogens (tertiary/aromatic N) is 3. The van der Waals surface area contributed by atoms with E-state index in [9.17, 15) is 19.6 Å². The van der Waals surface area contributed by atoms with Gasteiger partial charge in [0.2, 0.25) is 6.41 Å². The first kappa shape index (κ1) is 22.3. The van der Waals surface area contributed by atoms with Gasteiger partial charge >= 0.3 is 5.76 Å². The Kier molecular flexibility index (Phi) is 6.56. The topological polar surface area (TPSA) is 118 Å². The molecule has 1 fully saturated rings. The van der Waals surface area contributed by atoms with E-state index >= 15 is 0 Å². The fraction of sp³-hybridized carbons (Fsp3) is 0.333. The summed E-state index contributed by atoms with van der Waals surface area (Å²) in [4.78, 5) is 36.9.